The van der Waals surface area contributed by atoms with Crippen LogP contribution >= 0.6 is 11.8 Å². The second kappa shape index (κ2) is 7.81. The van der Waals surface area contributed by atoms with Gasteiger partial charge in [0, 0.05) is 12.6 Å². The zero-order valence-corrected chi connectivity index (χ0v) is 19.2. The molecule has 0 saturated carbocycles. The zero-order valence-electron chi connectivity index (χ0n) is 18.4. The van der Waals surface area contributed by atoms with E-state index >= 15 is 0 Å². The number of nitrogens with zero attached hydrogens (tertiary/aromatic N) is 5. The first-order valence-electron chi connectivity index (χ1n) is 10.8. The molecule has 2 aromatic carbocycles. The van der Waals surface area contributed by atoms with Crippen LogP contribution in [0.2, 0.25) is 0 Å². The van der Waals surface area contributed by atoms with Crippen molar-refractivity contribution >= 4 is 40.1 Å². The highest BCUT2D eigenvalue weighted by Crippen LogP contribution is 2.47. The number of hydrazone groups is 1. The Bertz CT molecular complexity index is 1460. The Balaban J connectivity index is 1.47. The van der Waals surface area contributed by atoms with E-state index in [9.17, 15) is 9.59 Å². The number of aryl methyl sites for hydroxylation is 1. The molecule has 3 aliphatic heterocycles. The molecule has 0 aliphatic carbocycles. The van der Waals surface area contributed by atoms with E-state index in [4.69, 9.17) is 4.42 Å². The molecule has 0 radical (unpaired) electrons. The van der Waals surface area contributed by atoms with Crippen LogP contribution in [0, 0.1) is 12.8 Å². The highest BCUT2D eigenvalue weighted by molar-refractivity contribution is 8.16. The molecule has 9 heteroatoms. The van der Waals surface area contributed by atoms with Gasteiger partial charge in [0.2, 0.25) is 0 Å². The summed E-state index contributed by atoms with van der Waals surface area (Å²) in [5.41, 5.74) is 2.86. The van der Waals surface area contributed by atoms with Crippen molar-refractivity contribution in [3.63, 3.8) is 0 Å². The maximum atomic E-state index is 13.6. The first-order valence-corrected chi connectivity index (χ1v) is 11.7. The van der Waals surface area contributed by atoms with Gasteiger partial charge in [0.1, 0.15) is 11.5 Å². The van der Waals surface area contributed by atoms with Gasteiger partial charge in [0.05, 0.1) is 17.4 Å². The Kier molecular flexibility index (Phi) is 4.73. The number of fused-ring (bicyclic) bond motifs is 2. The normalized spacial score (nSPS) is 21.1. The van der Waals surface area contributed by atoms with E-state index in [0.717, 1.165) is 11.3 Å². The third-order valence-electron chi connectivity index (χ3n) is 6.01. The second-order valence-electron chi connectivity index (χ2n) is 8.16. The fourth-order valence-corrected chi connectivity index (χ4v) is 5.49. The Hall–Kier alpha value is -3.98. The zero-order chi connectivity index (χ0) is 23.4. The SMILES string of the molecule is CC1=NN(c2ccccc2)C(=O)C1C1=CSC2=Nc3nc(C)oc(=O)c3C(c3ccccc3)N12. The van der Waals surface area contributed by atoms with E-state index in [0.29, 0.717) is 27.9 Å². The summed E-state index contributed by atoms with van der Waals surface area (Å²) in [5.74, 6) is -0.135. The lowest BCUT2D eigenvalue weighted by Gasteiger charge is -2.36. The Morgan fingerprint density at radius 1 is 0.971 bits per heavy atom. The van der Waals surface area contributed by atoms with Crippen LogP contribution in [0.5, 0.6) is 0 Å². The second-order valence-corrected chi connectivity index (χ2v) is 8.99. The van der Waals surface area contributed by atoms with Crippen LogP contribution in [0.4, 0.5) is 11.5 Å². The number of aliphatic imine (C=N–C) groups is 1. The molecule has 3 aromatic rings. The minimum absolute atomic E-state index is 0.150. The lowest BCUT2D eigenvalue weighted by atomic mass is 9.93. The van der Waals surface area contributed by atoms with E-state index in [2.05, 4.69) is 15.1 Å². The number of anilines is 1. The van der Waals surface area contributed by atoms with Crippen LogP contribution in [-0.2, 0) is 4.79 Å². The van der Waals surface area contributed by atoms with Gasteiger partial charge in [0.15, 0.2) is 16.9 Å². The Morgan fingerprint density at radius 3 is 2.41 bits per heavy atom. The van der Waals surface area contributed by atoms with E-state index in [1.54, 1.807) is 6.92 Å². The van der Waals surface area contributed by atoms with Gasteiger partial charge in [-0.25, -0.2) is 9.79 Å². The number of hydrogen-bond donors (Lipinski definition) is 0. The van der Waals surface area contributed by atoms with Crippen molar-refractivity contribution in [2.45, 2.75) is 19.9 Å². The molecule has 2 atom stereocenters. The monoisotopic (exact) mass is 469 g/mol. The van der Waals surface area contributed by atoms with Crippen molar-refractivity contribution in [1.29, 1.82) is 0 Å². The van der Waals surface area contributed by atoms with Crippen molar-refractivity contribution in [3.05, 3.63) is 99.2 Å². The summed E-state index contributed by atoms with van der Waals surface area (Å²) in [4.78, 5) is 37.6. The summed E-state index contributed by atoms with van der Waals surface area (Å²) in [6.07, 6.45) is 0. The predicted octanol–water partition coefficient (Wildman–Crippen LogP) is 4.36. The number of amidine groups is 1. The first-order chi connectivity index (χ1) is 16.5. The molecule has 6 rings (SSSR count). The van der Waals surface area contributed by atoms with Crippen molar-refractivity contribution < 1.29 is 9.21 Å². The van der Waals surface area contributed by atoms with Crippen molar-refractivity contribution in [1.82, 2.24) is 9.88 Å². The van der Waals surface area contributed by atoms with E-state index < -0.39 is 17.6 Å². The van der Waals surface area contributed by atoms with Crippen LogP contribution in [0.15, 0.2) is 91.1 Å². The third-order valence-corrected chi connectivity index (χ3v) is 6.87. The molecule has 1 amide bonds. The highest BCUT2D eigenvalue weighted by atomic mass is 32.2. The standard InChI is InChI=1S/C25H19N5O3S/c1-14-19(23(31)30(28-14)17-11-7-4-8-12-17)18-13-34-25-27-22-20(24(32)33-15(2)26-22)21(29(18)25)16-9-5-3-6-10-16/h3-13,19,21H,1-2H3. The largest absolute Gasteiger partial charge is 0.408 e. The number of aromatic nitrogens is 1. The lowest BCUT2D eigenvalue weighted by Crippen LogP contribution is -2.41. The minimum atomic E-state index is -0.599. The van der Waals surface area contributed by atoms with Gasteiger partial charge in [-0.05, 0) is 30.0 Å². The quantitative estimate of drug-likeness (QED) is 0.566. The molecule has 1 aromatic heterocycles. The van der Waals surface area contributed by atoms with E-state index in [1.165, 1.54) is 16.8 Å². The van der Waals surface area contributed by atoms with Crippen LogP contribution in [0.1, 0.15) is 30.0 Å². The molecule has 168 valence electrons. The fraction of sp³-hybridized carbons (Fsp3) is 0.160. The minimum Gasteiger partial charge on any atom is -0.408 e. The average molecular weight is 470 g/mol. The molecule has 0 bridgehead atoms. The van der Waals surface area contributed by atoms with Crippen molar-refractivity contribution in [2.24, 2.45) is 16.0 Å². The Morgan fingerprint density at radius 2 is 1.68 bits per heavy atom. The third kappa shape index (κ3) is 3.12. The van der Waals surface area contributed by atoms with Crippen LogP contribution in [-0.4, -0.2) is 26.7 Å². The number of amides is 1. The molecule has 8 nitrogen and oxygen atoms in total. The molecular weight excluding hydrogens is 450 g/mol. The van der Waals surface area contributed by atoms with Gasteiger partial charge in [0.25, 0.3) is 5.91 Å². The summed E-state index contributed by atoms with van der Waals surface area (Å²) in [6.45, 7) is 3.48. The molecule has 0 spiro atoms. The number of benzene rings is 2. The summed E-state index contributed by atoms with van der Waals surface area (Å²) in [7, 11) is 0. The van der Waals surface area contributed by atoms with E-state index in [1.807, 2.05) is 77.9 Å². The molecule has 0 fully saturated rings. The number of para-hydroxylation sites is 1. The van der Waals surface area contributed by atoms with Gasteiger partial charge >= 0.3 is 5.63 Å². The maximum Gasteiger partial charge on any atom is 0.346 e. The molecule has 3 aliphatic rings. The van der Waals surface area contributed by atoms with Gasteiger partial charge in [-0.3, -0.25) is 4.79 Å². The number of carbonyl (C=O) groups excluding carboxylic acids is 1. The predicted molar refractivity (Wildman–Crippen MR) is 131 cm³/mol. The van der Waals surface area contributed by atoms with Crippen LogP contribution < -0.4 is 10.6 Å². The number of thioether (sulfide) groups is 1. The molecule has 4 heterocycles. The molecule has 0 N–H and O–H groups in total. The fourth-order valence-electron chi connectivity index (χ4n) is 4.55. The van der Waals surface area contributed by atoms with Gasteiger partial charge in [-0.1, -0.05) is 60.3 Å². The summed E-state index contributed by atoms with van der Waals surface area (Å²) in [5, 5.41) is 8.59. The van der Waals surface area contributed by atoms with Crippen molar-refractivity contribution in [3.8, 4) is 0 Å². The van der Waals surface area contributed by atoms with Gasteiger partial charge < -0.3 is 9.32 Å². The van der Waals surface area contributed by atoms with Crippen LogP contribution in [0.25, 0.3) is 0 Å². The highest BCUT2D eigenvalue weighted by Gasteiger charge is 2.47. The van der Waals surface area contributed by atoms with Crippen LogP contribution in [0.3, 0.4) is 0 Å². The average Bonchev–Trinajstić information content (AvgIpc) is 3.38. The van der Waals surface area contributed by atoms with Gasteiger partial charge in [-0.15, -0.1) is 0 Å². The first kappa shape index (κ1) is 20.6. The number of carbonyl (C=O) groups is 1. The number of hydrogen-bond acceptors (Lipinski definition) is 8. The van der Waals surface area contributed by atoms with Crippen molar-refractivity contribution in [2.75, 3.05) is 5.01 Å². The molecule has 2 unspecified atom stereocenters. The molecular formula is C25H19N5O3S. The lowest BCUT2D eigenvalue weighted by molar-refractivity contribution is -0.119. The number of rotatable bonds is 3. The maximum absolute atomic E-state index is 13.6. The summed E-state index contributed by atoms with van der Waals surface area (Å²) >= 11 is 1.41. The topological polar surface area (TPSA) is 91.4 Å². The van der Waals surface area contributed by atoms with E-state index in [-0.39, 0.29) is 11.8 Å². The molecule has 0 saturated heterocycles. The molecule has 34 heavy (non-hydrogen) atoms. The Labute approximate surface area is 199 Å². The smallest absolute Gasteiger partial charge is 0.346 e. The summed E-state index contributed by atoms with van der Waals surface area (Å²) in [6, 6.07) is 18.5. The summed E-state index contributed by atoms with van der Waals surface area (Å²) < 4.78 is 5.37. The van der Waals surface area contributed by atoms with Gasteiger partial charge in [-0.2, -0.15) is 15.1 Å².